The molecule has 1 aliphatic rings. The Morgan fingerprint density at radius 3 is 2.67 bits per heavy atom. The van der Waals surface area contributed by atoms with Crippen molar-refractivity contribution in [3.8, 4) is 0 Å². The molecule has 0 unspecified atom stereocenters. The van der Waals surface area contributed by atoms with E-state index < -0.39 is 0 Å². The van der Waals surface area contributed by atoms with Crippen LogP contribution in [0.15, 0.2) is 4.40 Å². The molecule has 0 radical (unpaired) electrons. The average molecular weight is 168 g/mol. The van der Waals surface area contributed by atoms with Gasteiger partial charge < -0.3 is 5.48 Å². The van der Waals surface area contributed by atoms with Crippen LogP contribution < -0.4 is 0 Å². The summed E-state index contributed by atoms with van der Waals surface area (Å²) in [7, 11) is 0. The zero-order valence-electron chi connectivity index (χ0n) is 4.56. The minimum Gasteiger partial charge on any atom is -0.412 e. The second-order valence-electron chi connectivity index (χ2n) is 1.37. The lowest BCUT2D eigenvalue weighted by molar-refractivity contribution is -0.110. The molecule has 0 aromatic carbocycles. The summed E-state index contributed by atoms with van der Waals surface area (Å²) in [6.45, 7) is 0. The van der Waals surface area contributed by atoms with E-state index in [-0.39, 0.29) is 17.1 Å². The number of carbonyl (C=O) groups is 1. The average Bonchev–Trinajstić information content (AvgIpc) is 2.14. The fourth-order valence-electron chi connectivity index (χ4n) is 0.402. The number of hydrogen-bond acceptors (Lipinski definition) is 3. The molecule has 0 amide bonds. The molecule has 3 nitrogen and oxygen atoms in total. The first-order valence-electron chi connectivity index (χ1n) is 2.12. The van der Waals surface area contributed by atoms with Crippen LogP contribution >= 0.6 is 23.5 Å². The number of carbonyl (C=O) groups excluding carboxylic acids is 1. The van der Waals surface area contributed by atoms with Gasteiger partial charge >= 0.3 is 0 Å². The molecule has 2 N–H and O–H groups in total. The topological polar surface area (TPSA) is 60.9 Å². The highest BCUT2D eigenvalue weighted by Gasteiger charge is 2.15. The van der Waals surface area contributed by atoms with E-state index >= 15 is 0 Å². The molecule has 0 aromatic rings. The SMILES string of the molecule is O.O=C1CSN=C1CCl. The number of Topliss-reactive ketones (excluding diaryl/α,β-unsaturated/α-hetero) is 1. The van der Waals surface area contributed by atoms with E-state index in [0.717, 1.165) is 0 Å². The Hall–Kier alpha value is -0.0600. The molecule has 0 aliphatic carbocycles. The van der Waals surface area contributed by atoms with E-state index in [4.69, 9.17) is 11.6 Å². The summed E-state index contributed by atoms with van der Waals surface area (Å²) in [5.41, 5.74) is 0.511. The summed E-state index contributed by atoms with van der Waals surface area (Å²) in [4.78, 5) is 10.6. The highest BCUT2D eigenvalue weighted by Crippen LogP contribution is 2.12. The highest BCUT2D eigenvalue weighted by molar-refractivity contribution is 7.99. The van der Waals surface area contributed by atoms with Gasteiger partial charge in [0.15, 0.2) is 5.78 Å². The van der Waals surface area contributed by atoms with E-state index in [0.29, 0.717) is 11.5 Å². The smallest absolute Gasteiger partial charge is 0.190 e. The Labute approximate surface area is 61.9 Å². The van der Waals surface area contributed by atoms with Crippen LogP contribution in [0.4, 0.5) is 0 Å². The van der Waals surface area contributed by atoms with Crippen molar-refractivity contribution in [2.75, 3.05) is 11.6 Å². The van der Waals surface area contributed by atoms with E-state index in [1.165, 1.54) is 11.9 Å². The molecule has 52 valence electrons. The zero-order chi connectivity index (χ0) is 5.98. The largest absolute Gasteiger partial charge is 0.412 e. The van der Waals surface area contributed by atoms with Crippen LogP contribution in [0.3, 0.4) is 0 Å². The third-order valence-electron chi connectivity index (χ3n) is 0.819. The quantitative estimate of drug-likeness (QED) is 0.410. The Kier molecular flexibility index (Phi) is 3.84. The third-order valence-corrected chi connectivity index (χ3v) is 1.81. The van der Waals surface area contributed by atoms with E-state index in [9.17, 15) is 4.79 Å². The van der Waals surface area contributed by atoms with Crippen molar-refractivity contribution in [3.63, 3.8) is 0 Å². The van der Waals surface area contributed by atoms with Crippen molar-refractivity contribution in [2.45, 2.75) is 0 Å². The van der Waals surface area contributed by atoms with Crippen molar-refractivity contribution < 1.29 is 10.3 Å². The Morgan fingerprint density at radius 1 is 1.78 bits per heavy atom. The third kappa shape index (κ3) is 1.97. The van der Waals surface area contributed by atoms with E-state index in [1.807, 2.05) is 0 Å². The minimum atomic E-state index is 0. The number of rotatable bonds is 1. The van der Waals surface area contributed by atoms with Crippen LogP contribution in [-0.4, -0.2) is 28.6 Å². The standard InChI is InChI=1S/C4H4ClNOS.H2O/c5-1-3-4(7)2-8-6-3;/h1-2H2;1H2. The lowest BCUT2D eigenvalue weighted by atomic mass is 10.3. The molecule has 1 rings (SSSR count). The van der Waals surface area contributed by atoms with Crippen LogP contribution in [0.25, 0.3) is 0 Å². The molecular weight excluding hydrogens is 162 g/mol. The van der Waals surface area contributed by atoms with Gasteiger partial charge in [0.2, 0.25) is 0 Å². The van der Waals surface area contributed by atoms with Crippen LogP contribution in [0.5, 0.6) is 0 Å². The van der Waals surface area contributed by atoms with Crippen molar-refractivity contribution in [1.29, 1.82) is 0 Å². The lowest BCUT2D eigenvalue weighted by Crippen LogP contribution is -2.11. The maximum atomic E-state index is 10.6. The normalized spacial score (nSPS) is 17.0. The number of alkyl halides is 1. The van der Waals surface area contributed by atoms with Gasteiger partial charge in [0.1, 0.15) is 5.71 Å². The van der Waals surface area contributed by atoms with Gasteiger partial charge in [-0.1, -0.05) is 0 Å². The summed E-state index contributed by atoms with van der Waals surface area (Å²) in [6.07, 6.45) is 0. The Morgan fingerprint density at radius 2 is 2.44 bits per heavy atom. The van der Waals surface area contributed by atoms with Crippen molar-refractivity contribution in [2.24, 2.45) is 4.40 Å². The predicted molar refractivity (Wildman–Crippen MR) is 39.2 cm³/mol. The zero-order valence-corrected chi connectivity index (χ0v) is 6.13. The van der Waals surface area contributed by atoms with Gasteiger partial charge in [0, 0.05) is 0 Å². The van der Waals surface area contributed by atoms with Gasteiger partial charge in [-0.2, -0.15) is 0 Å². The molecule has 0 bridgehead atoms. The second kappa shape index (κ2) is 3.87. The Balaban J connectivity index is 0.000000640. The minimum absolute atomic E-state index is 0. The monoisotopic (exact) mass is 167 g/mol. The molecule has 1 aliphatic heterocycles. The first-order chi connectivity index (χ1) is 3.84. The van der Waals surface area contributed by atoms with Crippen LogP contribution in [0.2, 0.25) is 0 Å². The summed E-state index contributed by atoms with van der Waals surface area (Å²) in [5.74, 6) is 0.804. The first kappa shape index (κ1) is 8.94. The van der Waals surface area contributed by atoms with Gasteiger partial charge in [-0.3, -0.25) is 4.79 Å². The Bertz CT molecular complexity index is 148. The number of hydrogen-bond donors (Lipinski definition) is 0. The van der Waals surface area contributed by atoms with E-state index in [1.54, 1.807) is 0 Å². The summed E-state index contributed by atoms with van der Waals surface area (Å²) >= 11 is 6.61. The van der Waals surface area contributed by atoms with Gasteiger partial charge in [-0.15, -0.1) is 11.6 Å². The highest BCUT2D eigenvalue weighted by atomic mass is 35.5. The second-order valence-corrected chi connectivity index (χ2v) is 2.36. The van der Waals surface area contributed by atoms with Crippen molar-refractivity contribution in [1.82, 2.24) is 0 Å². The summed E-state index contributed by atoms with van der Waals surface area (Å²) < 4.78 is 3.79. The summed E-state index contributed by atoms with van der Waals surface area (Å²) in [5, 5.41) is 0. The summed E-state index contributed by atoms with van der Waals surface area (Å²) in [6, 6.07) is 0. The maximum absolute atomic E-state index is 10.6. The molecule has 1 heterocycles. The molecule has 0 saturated heterocycles. The molecule has 0 fully saturated rings. The molecule has 0 saturated carbocycles. The fourth-order valence-corrected chi connectivity index (χ4v) is 1.35. The molecule has 0 aromatic heterocycles. The molecule has 5 heteroatoms. The van der Waals surface area contributed by atoms with E-state index in [2.05, 4.69) is 4.40 Å². The molecule has 0 spiro atoms. The maximum Gasteiger partial charge on any atom is 0.190 e. The number of ketones is 1. The van der Waals surface area contributed by atoms with Crippen molar-refractivity contribution >= 4 is 35.0 Å². The van der Waals surface area contributed by atoms with Crippen molar-refractivity contribution in [3.05, 3.63) is 0 Å². The molecular formula is C4H6ClNO2S. The number of nitrogens with zero attached hydrogens (tertiary/aromatic N) is 1. The van der Waals surface area contributed by atoms with Gasteiger partial charge in [-0.05, 0) is 11.9 Å². The van der Waals surface area contributed by atoms with Gasteiger partial charge in [0.05, 0.1) is 11.6 Å². The first-order valence-corrected chi connectivity index (χ1v) is 3.60. The lowest BCUT2D eigenvalue weighted by Gasteiger charge is -1.82. The fraction of sp³-hybridized carbons (Fsp3) is 0.500. The van der Waals surface area contributed by atoms with Gasteiger partial charge in [-0.25, -0.2) is 4.40 Å². The number of halogens is 1. The van der Waals surface area contributed by atoms with Crippen LogP contribution in [0.1, 0.15) is 0 Å². The predicted octanol–water partition coefficient (Wildman–Crippen LogP) is 0.0724. The molecule has 0 atom stereocenters. The van der Waals surface area contributed by atoms with Crippen LogP contribution in [0, 0.1) is 0 Å². The van der Waals surface area contributed by atoms with Gasteiger partial charge in [0.25, 0.3) is 0 Å². The molecule has 9 heavy (non-hydrogen) atoms. The van der Waals surface area contributed by atoms with Crippen LogP contribution in [-0.2, 0) is 4.79 Å².